The zero-order valence-electron chi connectivity index (χ0n) is 18.7. The molecule has 1 atom stereocenters. The average molecular weight is 412 g/mol. The molecule has 0 saturated heterocycles. The first-order valence-electron chi connectivity index (χ1n) is 10.3. The molecule has 0 heterocycles. The average Bonchev–Trinajstić information content (AvgIpc) is 2.71. The standard InChI is InChI=1S/C25H33NO4/c1-6-7-13-28-24-15-19(2)25(20(3)16-24)29-14-9-10-21(4)30-23-12-8-11-22(17-23)18-26-27-5/h6-8,11-12,15-18,21H,9-10,13-14H2,1-5H3/b7-6+,26-18+. The number of aryl methyl sites for hydroxylation is 2. The molecule has 0 aliphatic carbocycles. The molecule has 1 unspecified atom stereocenters. The third-order valence-electron chi connectivity index (χ3n) is 4.52. The van der Waals surface area contributed by atoms with Gasteiger partial charge in [0.2, 0.25) is 0 Å². The fourth-order valence-electron chi connectivity index (χ4n) is 3.08. The molecule has 0 fully saturated rings. The molecule has 30 heavy (non-hydrogen) atoms. The van der Waals surface area contributed by atoms with Crippen LogP contribution in [0.1, 0.15) is 43.4 Å². The zero-order chi connectivity index (χ0) is 21.8. The number of rotatable bonds is 12. The van der Waals surface area contributed by atoms with Crippen LogP contribution in [0.3, 0.4) is 0 Å². The maximum absolute atomic E-state index is 6.06. The van der Waals surface area contributed by atoms with E-state index in [1.54, 1.807) is 6.21 Å². The minimum Gasteiger partial charge on any atom is -0.493 e. The first-order valence-corrected chi connectivity index (χ1v) is 10.3. The van der Waals surface area contributed by atoms with Crippen molar-refractivity contribution in [2.75, 3.05) is 20.3 Å². The lowest BCUT2D eigenvalue weighted by Gasteiger charge is -2.17. The first kappa shape index (κ1) is 23.3. The summed E-state index contributed by atoms with van der Waals surface area (Å²) in [4.78, 5) is 4.72. The highest BCUT2D eigenvalue weighted by Gasteiger charge is 2.09. The third-order valence-corrected chi connectivity index (χ3v) is 4.52. The zero-order valence-corrected chi connectivity index (χ0v) is 18.7. The molecule has 0 aliphatic heterocycles. The van der Waals surface area contributed by atoms with E-state index in [-0.39, 0.29) is 6.10 Å². The van der Waals surface area contributed by atoms with Crippen LogP contribution in [0.2, 0.25) is 0 Å². The van der Waals surface area contributed by atoms with E-state index < -0.39 is 0 Å². The number of ether oxygens (including phenoxy) is 3. The Bertz CT molecular complexity index is 822. The molecule has 0 aliphatic rings. The van der Waals surface area contributed by atoms with Gasteiger partial charge < -0.3 is 19.0 Å². The summed E-state index contributed by atoms with van der Waals surface area (Å²) in [7, 11) is 1.53. The molecule has 0 N–H and O–H groups in total. The molecule has 162 valence electrons. The van der Waals surface area contributed by atoms with Crippen molar-refractivity contribution in [3.63, 3.8) is 0 Å². The van der Waals surface area contributed by atoms with Crippen molar-refractivity contribution in [1.29, 1.82) is 0 Å². The van der Waals surface area contributed by atoms with Crippen molar-refractivity contribution in [2.45, 2.75) is 46.6 Å². The lowest BCUT2D eigenvalue weighted by Crippen LogP contribution is -2.13. The molecule has 5 nitrogen and oxygen atoms in total. The Morgan fingerprint density at radius 1 is 1.03 bits per heavy atom. The molecule has 2 rings (SSSR count). The Morgan fingerprint density at radius 3 is 2.50 bits per heavy atom. The molecule has 2 aromatic rings. The number of oxime groups is 1. The molecule has 0 radical (unpaired) electrons. The quantitative estimate of drug-likeness (QED) is 0.190. The van der Waals surface area contributed by atoms with Crippen LogP contribution in [-0.4, -0.2) is 32.6 Å². The summed E-state index contributed by atoms with van der Waals surface area (Å²) in [5, 5.41) is 3.78. The minimum absolute atomic E-state index is 0.0906. The number of nitrogens with zero attached hydrogens (tertiary/aromatic N) is 1. The van der Waals surface area contributed by atoms with E-state index in [9.17, 15) is 0 Å². The molecule has 0 saturated carbocycles. The molecule has 2 aromatic carbocycles. The van der Waals surface area contributed by atoms with Gasteiger partial charge in [-0.2, -0.15) is 0 Å². The SMILES string of the molecule is C/C=C/COc1cc(C)c(OCCCC(C)Oc2cccc(/C=N/OC)c2)c(C)c1. The second-order valence-electron chi connectivity index (χ2n) is 7.17. The van der Waals surface area contributed by atoms with E-state index >= 15 is 0 Å². The number of benzene rings is 2. The van der Waals surface area contributed by atoms with Gasteiger partial charge in [-0.1, -0.05) is 29.4 Å². The predicted molar refractivity (Wildman–Crippen MR) is 122 cm³/mol. The summed E-state index contributed by atoms with van der Waals surface area (Å²) >= 11 is 0. The monoisotopic (exact) mass is 411 g/mol. The Morgan fingerprint density at radius 2 is 1.80 bits per heavy atom. The number of hydrogen-bond donors (Lipinski definition) is 0. The molecule has 0 bridgehead atoms. The third kappa shape index (κ3) is 7.82. The van der Waals surface area contributed by atoms with Crippen LogP contribution >= 0.6 is 0 Å². The van der Waals surface area contributed by atoms with Crippen molar-refractivity contribution >= 4 is 6.21 Å². The van der Waals surface area contributed by atoms with Gasteiger partial charge in [-0.25, -0.2) is 0 Å². The van der Waals surface area contributed by atoms with Gasteiger partial charge in [0.1, 0.15) is 31.0 Å². The summed E-state index contributed by atoms with van der Waals surface area (Å²) in [5.41, 5.74) is 3.11. The maximum Gasteiger partial charge on any atom is 0.125 e. The smallest absolute Gasteiger partial charge is 0.125 e. The van der Waals surface area contributed by atoms with Gasteiger partial charge in [-0.05, 0) is 81.5 Å². The van der Waals surface area contributed by atoms with Crippen LogP contribution in [0.15, 0.2) is 53.7 Å². The first-order chi connectivity index (χ1) is 14.5. The highest BCUT2D eigenvalue weighted by Crippen LogP contribution is 2.28. The molecule has 0 amide bonds. The highest BCUT2D eigenvalue weighted by molar-refractivity contribution is 5.79. The summed E-state index contributed by atoms with van der Waals surface area (Å²) in [6.45, 7) is 9.39. The topological polar surface area (TPSA) is 49.3 Å². The van der Waals surface area contributed by atoms with Crippen molar-refractivity contribution in [1.82, 2.24) is 0 Å². The van der Waals surface area contributed by atoms with Gasteiger partial charge in [0.05, 0.1) is 18.9 Å². The van der Waals surface area contributed by atoms with E-state index in [1.807, 2.05) is 55.5 Å². The maximum atomic E-state index is 6.06. The molecular formula is C25H33NO4. The van der Waals surface area contributed by atoms with Gasteiger partial charge >= 0.3 is 0 Å². The summed E-state index contributed by atoms with van der Waals surface area (Å²) < 4.78 is 17.8. The Labute approximate surface area is 180 Å². The van der Waals surface area contributed by atoms with Crippen LogP contribution in [0.5, 0.6) is 17.2 Å². The van der Waals surface area contributed by atoms with Gasteiger partial charge in [-0.3, -0.25) is 0 Å². The minimum atomic E-state index is 0.0906. The van der Waals surface area contributed by atoms with E-state index in [4.69, 9.17) is 19.0 Å². The van der Waals surface area contributed by atoms with Gasteiger partial charge in [0.25, 0.3) is 0 Å². The van der Waals surface area contributed by atoms with E-state index in [1.165, 1.54) is 7.11 Å². The second-order valence-corrected chi connectivity index (χ2v) is 7.17. The number of hydrogen-bond acceptors (Lipinski definition) is 5. The highest BCUT2D eigenvalue weighted by atomic mass is 16.6. The van der Waals surface area contributed by atoms with Crippen LogP contribution in [0.25, 0.3) is 0 Å². The van der Waals surface area contributed by atoms with Crippen LogP contribution in [0.4, 0.5) is 0 Å². The molecule has 5 heteroatoms. The summed E-state index contributed by atoms with van der Waals surface area (Å²) in [6.07, 6.45) is 7.53. The summed E-state index contributed by atoms with van der Waals surface area (Å²) in [6, 6.07) is 11.8. The van der Waals surface area contributed by atoms with Gasteiger partial charge in [-0.15, -0.1) is 0 Å². The van der Waals surface area contributed by atoms with Crippen LogP contribution < -0.4 is 14.2 Å². The second kappa shape index (κ2) is 12.6. The van der Waals surface area contributed by atoms with Crippen LogP contribution in [0, 0.1) is 13.8 Å². The van der Waals surface area contributed by atoms with Crippen molar-refractivity contribution in [2.24, 2.45) is 5.16 Å². The molecule has 0 spiro atoms. The Balaban J connectivity index is 1.80. The molecule has 0 aromatic heterocycles. The fourth-order valence-corrected chi connectivity index (χ4v) is 3.08. The van der Waals surface area contributed by atoms with E-state index in [2.05, 4.69) is 25.9 Å². The van der Waals surface area contributed by atoms with E-state index in [0.717, 1.165) is 46.8 Å². The molecular weight excluding hydrogens is 378 g/mol. The Kier molecular flexibility index (Phi) is 9.78. The van der Waals surface area contributed by atoms with Crippen molar-refractivity contribution in [3.05, 3.63) is 65.2 Å². The van der Waals surface area contributed by atoms with E-state index in [0.29, 0.717) is 13.2 Å². The van der Waals surface area contributed by atoms with Gasteiger partial charge in [0, 0.05) is 0 Å². The van der Waals surface area contributed by atoms with Crippen molar-refractivity contribution < 1.29 is 19.0 Å². The lowest BCUT2D eigenvalue weighted by molar-refractivity contribution is 0.193. The fraction of sp³-hybridized carbons (Fsp3) is 0.400. The largest absolute Gasteiger partial charge is 0.493 e. The lowest BCUT2D eigenvalue weighted by atomic mass is 10.1. The Hall–Kier alpha value is -2.95. The normalized spacial score (nSPS) is 12.3. The predicted octanol–water partition coefficient (Wildman–Crippen LogP) is 5.87. The van der Waals surface area contributed by atoms with Crippen LogP contribution in [-0.2, 0) is 4.84 Å². The number of allylic oxidation sites excluding steroid dienone is 1. The van der Waals surface area contributed by atoms with Crippen molar-refractivity contribution in [3.8, 4) is 17.2 Å². The summed E-state index contributed by atoms with van der Waals surface area (Å²) in [5.74, 6) is 2.63. The van der Waals surface area contributed by atoms with Gasteiger partial charge in [0.15, 0.2) is 0 Å².